The first-order valence-electron chi connectivity index (χ1n) is 7.24. The number of piperidine rings is 1. The quantitative estimate of drug-likeness (QED) is 0.752. The summed E-state index contributed by atoms with van der Waals surface area (Å²) in [4.78, 5) is 2.56. The molecule has 0 saturated carbocycles. The molecule has 1 aliphatic heterocycles. The number of rotatable bonds is 6. The fourth-order valence-electron chi connectivity index (χ4n) is 2.44. The summed E-state index contributed by atoms with van der Waals surface area (Å²) in [6.07, 6.45) is 6.43. The van der Waals surface area contributed by atoms with E-state index in [4.69, 9.17) is 10.00 Å². The second kappa shape index (κ2) is 9.63. The van der Waals surface area contributed by atoms with Crippen molar-refractivity contribution in [2.75, 3.05) is 26.2 Å². The highest BCUT2D eigenvalue weighted by Gasteiger charge is 2.08. The molecule has 20 heavy (non-hydrogen) atoms. The number of halogens is 1. The first-order chi connectivity index (χ1) is 9.38. The molecule has 3 nitrogen and oxygen atoms in total. The molecule has 1 aromatic rings. The summed E-state index contributed by atoms with van der Waals surface area (Å²) in [6, 6.07) is 9.42. The zero-order valence-corrected chi connectivity index (χ0v) is 12.7. The Bertz CT molecular complexity index is 407. The van der Waals surface area contributed by atoms with Crippen LogP contribution < -0.4 is 4.74 Å². The summed E-state index contributed by atoms with van der Waals surface area (Å²) >= 11 is 0. The SMILES string of the molecule is Cl.N#Cc1ccc(OCCCCN2CCCCC2)cc1. The average Bonchev–Trinajstić information content (AvgIpc) is 2.49. The van der Waals surface area contributed by atoms with E-state index in [0.29, 0.717) is 5.56 Å². The molecule has 1 heterocycles. The van der Waals surface area contributed by atoms with Crippen molar-refractivity contribution in [1.29, 1.82) is 5.26 Å². The van der Waals surface area contributed by atoms with Gasteiger partial charge in [0, 0.05) is 0 Å². The van der Waals surface area contributed by atoms with Crippen LogP contribution in [-0.2, 0) is 0 Å². The zero-order chi connectivity index (χ0) is 13.3. The molecule has 1 aliphatic rings. The molecule has 0 aliphatic carbocycles. The van der Waals surface area contributed by atoms with Gasteiger partial charge in [0.1, 0.15) is 5.75 Å². The van der Waals surface area contributed by atoms with Gasteiger partial charge in [-0.15, -0.1) is 12.4 Å². The fraction of sp³-hybridized carbons (Fsp3) is 0.562. The van der Waals surface area contributed by atoms with Crippen molar-refractivity contribution >= 4 is 12.4 Å². The van der Waals surface area contributed by atoms with E-state index < -0.39 is 0 Å². The molecule has 0 atom stereocenters. The maximum absolute atomic E-state index is 8.70. The predicted molar refractivity (Wildman–Crippen MR) is 83.4 cm³/mol. The summed E-state index contributed by atoms with van der Waals surface area (Å²) in [7, 11) is 0. The van der Waals surface area contributed by atoms with Crippen LogP contribution in [0, 0.1) is 11.3 Å². The largest absolute Gasteiger partial charge is 0.494 e. The van der Waals surface area contributed by atoms with E-state index in [1.807, 2.05) is 12.1 Å². The van der Waals surface area contributed by atoms with Crippen molar-refractivity contribution in [3.8, 4) is 11.8 Å². The van der Waals surface area contributed by atoms with Gasteiger partial charge in [0.25, 0.3) is 0 Å². The van der Waals surface area contributed by atoms with Gasteiger partial charge in [0.15, 0.2) is 0 Å². The minimum atomic E-state index is 0. The Morgan fingerprint density at radius 3 is 2.40 bits per heavy atom. The van der Waals surface area contributed by atoms with Crippen molar-refractivity contribution in [3.05, 3.63) is 29.8 Å². The highest BCUT2D eigenvalue weighted by Crippen LogP contribution is 2.13. The number of nitriles is 1. The highest BCUT2D eigenvalue weighted by molar-refractivity contribution is 5.85. The minimum Gasteiger partial charge on any atom is -0.494 e. The lowest BCUT2D eigenvalue weighted by atomic mass is 10.1. The third-order valence-corrected chi connectivity index (χ3v) is 3.57. The Morgan fingerprint density at radius 2 is 1.75 bits per heavy atom. The van der Waals surface area contributed by atoms with Gasteiger partial charge in [0.2, 0.25) is 0 Å². The van der Waals surface area contributed by atoms with Crippen LogP contribution in [0.3, 0.4) is 0 Å². The van der Waals surface area contributed by atoms with Crippen LogP contribution in [0.15, 0.2) is 24.3 Å². The monoisotopic (exact) mass is 294 g/mol. The van der Waals surface area contributed by atoms with E-state index in [2.05, 4.69) is 11.0 Å². The highest BCUT2D eigenvalue weighted by atomic mass is 35.5. The Kier molecular flexibility index (Phi) is 8.10. The van der Waals surface area contributed by atoms with E-state index >= 15 is 0 Å². The van der Waals surface area contributed by atoms with Gasteiger partial charge in [-0.2, -0.15) is 5.26 Å². The maximum Gasteiger partial charge on any atom is 0.119 e. The molecule has 0 unspecified atom stereocenters. The van der Waals surface area contributed by atoms with E-state index in [1.54, 1.807) is 12.1 Å². The molecule has 1 fully saturated rings. The third-order valence-electron chi connectivity index (χ3n) is 3.57. The number of nitrogens with zero attached hydrogens (tertiary/aromatic N) is 2. The lowest BCUT2D eigenvalue weighted by Gasteiger charge is -2.26. The van der Waals surface area contributed by atoms with Crippen LogP contribution in [-0.4, -0.2) is 31.1 Å². The molecular formula is C16H23ClN2O. The Morgan fingerprint density at radius 1 is 1.05 bits per heavy atom. The Labute approximate surface area is 127 Å². The number of hydrogen-bond acceptors (Lipinski definition) is 3. The van der Waals surface area contributed by atoms with E-state index in [-0.39, 0.29) is 12.4 Å². The molecule has 0 amide bonds. The molecule has 0 radical (unpaired) electrons. The Balaban J connectivity index is 0.00000200. The number of unbranched alkanes of at least 4 members (excludes halogenated alkanes) is 1. The van der Waals surface area contributed by atoms with E-state index in [1.165, 1.54) is 45.3 Å². The number of hydrogen-bond donors (Lipinski definition) is 0. The average molecular weight is 295 g/mol. The predicted octanol–water partition coefficient (Wildman–Crippen LogP) is 3.62. The van der Waals surface area contributed by atoms with Gasteiger partial charge in [-0.3, -0.25) is 0 Å². The molecule has 4 heteroatoms. The summed E-state index contributed by atoms with van der Waals surface area (Å²) < 4.78 is 5.67. The van der Waals surface area contributed by atoms with Gasteiger partial charge in [-0.05, 0) is 69.6 Å². The van der Waals surface area contributed by atoms with Crippen LogP contribution >= 0.6 is 12.4 Å². The molecule has 0 N–H and O–H groups in total. The normalized spacial score (nSPS) is 15.2. The summed E-state index contributed by atoms with van der Waals surface area (Å²) in [5, 5.41) is 8.70. The Hall–Kier alpha value is -1.24. The minimum absolute atomic E-state index is 0. The van der Waals surface area contributed by atoms with Gasteiger partial charge in [-0.25, -0.2) is 0 Å². The third kappa shape index (κ3) is 5.81. The lowest BCUT2D eigenvalue weighted by Crippen LogP contribution is -2.30. The van der Waals surface area contributed by atoms with E-state index in [9.17, 15) is 0 Å². The molecule has 0 aromatic heterocycles. The summed E-state index contributed by atoms with van der Waals surface area (Å²) in [5.41, 5.74) is 0.678. The smallest absolute Gasteiger partial charge is 0.119 e. The van der Waals surface area contributed by atoms with Crippen LogP contribution in [0.1, 0.15) is 37.7 Å². The number of ether oxygens (including phenoxy) is 1. The number of likely N-dealkylation sites (tertiary alicyclic amines) is 1. The van der Waals surface area contributed by atoms with Crippen molar-refractivity contribution in [1.82, 2.24) is 4.90 Å². The standard InChI is InChI=1S/C16H22N2O.ClH/c17-14-15-6-8-16(9-7-15)19-13-5-4-12-18-10-2-1-3-11-18;/h6-9H,1-5,10-13H2;1H. The first-order valence-corrected chi connectivity index (χ1v) is 7.24. The van der Waals surface area contributed by atoms with Crippen molar-refractivity contribution in [3.63, 3.8) is 0 Å². The van der Waals surface area contributed by atoms with Gasteiger partial charge in [0.05, 0.1) is 18.2 Å². The molecular weight excluding hydrogens is 272 g/mol. The van der Waals surface area contributed by atoms with Crippen molar-refractivity contribution in [2.45, 2.75) is 32.1 Å². The van der Waals surface area contributed by atoms with E-state index in [0.717, 1.165) is 18.8 Å². The summed E-state index contributed by atoms with van der Waals surface area (Å²) in [5.74, 6) is 0.858. The van der Waals surface area contributed by atoms with Gasteiger partial charge < -0.3 is 9.64 Å². The first kappa shape index (κ1) is 16.8. The molecule has 2 rings (SSSR count). The molecule has 0 spiro atoms. The summed E-state index contributed by atoms with van der Waals surface area (Å²) in [6.45, 7) is 4.52. The second-order valence-electron chi connectivity index (χ2n) is 5.09. The van der Waals surface area contributed by atoms with Gasteiger partial charge in [-0.1, -0.05) is 6.42 Å². The lowest BCUT2D eigenvalue weighted by molar-refractivity contribution is 0.216. The molecule has 1 saturated heterocycles. The maximum atomic E-state index is 8.70. The fourth-order valence-corrected chi connectivity index (χ4v) is 2.44. The molecule has 1 aromatic carbocycles. The second-order valence-corrected chi connectivity index (χ2v) is 5.09. The van der Waals surface area contributed by atoms with Crippen LogP contribution in [0.4, 0.5) is 0 Å². The van der Waals surface area contributed by atoms with Crippen LogP contribution in [0.25, 0.3) is 0 Å². The van der Waals surface area contributed by atoms with Crippen LogP contribution in [0.5, 0.6) is 5.75 Å². The van der Waals surface area contributed by atoms with Crippen molar-refractivity contribution in [2.24, 2.45) is 0 Å². The number of benzene rings is 1. The van der Waals surface area contributed by atoms with Gasteiger partial charge >= 0.3 is 0 Å². The topological polar surface area (TPSA) is 36.3 Å². The molecule has 110 valence electrons. The molecule has 0 bridgehead atoms. The zero-order valence-electron chi connectivity index (χ0n) is 11.9. The van der Waals surface area contributed by atoms with Crippen molar-refractivity contribution < 1.29 is 4.74 Å². The van der Waals surface area contributed by atoms with Crippen LogP contribution in [0.2, 0.25) is 0 Å².